The third kappa shape index (κ3) is 5.81. The number of allylic oxidation sites excluding steroid dienone is 5. The van der Waals surface area contributed by atoms with Gasteiger partial charge in [0.15, 0.2) is 0 Å². The number of nitriles is 2. The average Bonchev–Trinajstić information content (AvgIpc) is 1.43. The van der Waals surface area contributed by atoms with E-state index < -0.39 is 0 Å². The number of hydrogen-bond donors (Lipinski definition) is 0. The Morgan fingerprint density at radius 2 is 0.821 bits per heavy atom. The highest BCUT2D eigenvalue weighted by atomic mass is 14.9. The maximum Gasteiger partial charge on any atom is 0.101 e. The van der Waals surface area contributed by atoms with E-state index in [1.165, 1.54) is 110 Å². The predicted molar refractivity (Wildman–Crippen MR) is 346 cm³/mol. The Labute approximate surface area is 487 Å². The van der Waals surface area contributed by atoms with E-state index in [9.17, 15) is 10.5 Å². The summed E-state index contributed by atoms with van der Waals surface area (Å²) in [4.78, 5) is 0. The van der Waals surface area contributed by atoms with Crippen molar-refractivity contribution >= 4 is 81.8 Å². The van der Waals surface area contributed by atoms with Crippen molar-refractivity contribution in [1.82, 2.24) is 8.80 Å². The number of aromatic nitrogens is 2. The van der Waals surface area contributed by atoms with Crippen LogP contribution < -0.4 is 0 Å². The van der Waals surface area contributed by atoms with Gasteiger partial charge in [-0.05, 0) is 132 Å². The number of hydrogen-bond acceptors (Lipinski definition) is 2. The van der Waals surface area contributed by atoms with Crippen LogP contribution in [0.2, 0.25) is 0 Å². The Hall–Kier alpha value is -10.0. The summed E-state index contributed by atoms with van der Waals surface area (Å²) < 4.78 is 5.16. The van der Waals surface area contributed by atoms with E-state index in [4.69, 9.17) is 0 Å². The van der Waals surface area contributed by atoms with Gasteiger partial charge < -0.3 is 8.80 Å². The number of benzene rings is 10. The Morgan fingerprint density at radius 3 is 1.32 bits per heavy atom. The number of fused-ring (bicyclic) bond motifs is 16. The maximum absolute atomic E-state index is 12.0. The highest BCUT2D eigenvalue weighted by Crippen LogP contribution is 2.63. The van der Waals surface area contributed by atoms with Crippen LogP contribution in [0.1, 0.15) is 144 Å². The monoisotopic (exact) mass is 1070 g/mol. The lowest BCUT2D eigenvalue weighted by molar-refractivity contribution is 0.591. The minimum atomic E-state index is -0.205. The third-order valence-electron chi connectivity index (χ3n) is 20.1. The van der Waals surface area contributed by atoms with Crippen LogP contribution in [0.25, 0.3) is 104 Å². The molecule has 4 heterocycles. The minimum Gasteiger partial charge on any atom is -0.307 e. The molecular formula is C80H56N4. The molecule has 5 aliphatic rings. The van der Waals surface area contributed by atoms with E-state index >= 15 is 0 Å². The van der Waals surface area contributed by atoms with Crippen LogP contribution >= 0.6 is 0 Å². The molecule has 0 fully saturated rings. The molecule has 396 valence electrons. The topological polar surface area (TPSA) is 56.4 Å². The Balaban J connectivity index is 1.08. The van der Waals surface area contributed by atoms with Gasteiger partial charge in [-0.3, -0.25) is 0 Å². The summed E-state index contributed by atoms with van der Waals surface area (Å²) in [6.07, 6.45) is 8.85. The molecule has 4 heteroatoms. The molecule has 4 bridgehead atoms. The predicted octanol–water partition coefficient (Wildman–Crippen LogP) is 20.0. The molecule has 0 radical (unpaired) electrons. The Morgan fingerprint density at radius 1 is 0.393 bits per heavy atom. The zero-order valence-electron chi connectivity index (χ0n) is 48.0. The van der Waals surface area contributed by atoms with Gasteiger partial charge in [-0.1, -0.05) is 205 Å². The summed E-state index contributed by atoms with van der Waals surface area (Å²) in [5, 5.41) is 33.7. The Bertz CT molecular complexity index is 5480. The van der Waals surface area contributed by atoms with Crippen LogP contribution in [0.5, 0.6) is 0 Å². The van der Waals surface area contributed by atoms with Crippen LogP contribution in [0.15, 0.2) is 200 Å². The van der Waals surface area contributed by atoms with Gasteiger partial charge in [-0.15, -0.1) is 0 Å². The smallest absolute Gasteiger partial charge is 0.101 e. The van der Waals surface area contributed by atoms with Crippen molar-refractivity contribution in [3.63, 3.8) is 0 Å². The summed E-state index contributed by atoms with van der Waals surface area (Å²) in [6, 6.07) is 69.3. The standard InChI is InChI=1S/C80H56N4/c1-42-22-14-15-29-49-47-27-16-17-28-48(47)64(42)73-69(49)60(40-81)65(43-23-10-8-11-24-43)77-71(73)58-36-45(79(2,3)4)34-56-54-39-63-55(38-62(54)83(77)75(56)58)57-35-46(80(5,6)7)37-59-72-74-68-52-32-20-18-30-50(52)67(51-31-19-21-33-53(51)68)70(74)61(41-82)66(44-25-12-9-13-26-44)78(72)84(63)76(57)59/h8-39,64,67-68H,1-7H3/b15-14-,42-22+,49-29+. The first-order valence-corrected chi connectivity index (χ1v) is 29.7. The van der Waals surface area contributed by atoms with Gasteiger partial charge in [-0.2, -0.15) is 10.5 Å². The zero-order chi connectivity index (χ0) is 56.6. The molecule has 84 heavy (non-hydrogen) atoms. The first kappa shape index (κ1) is 47.6. The fourth-order valence-electron chi connectivity index (χ4n) is 16.6. The second kappa shape index (κ2) is 16.2. The van der Waals surface area contributed by atoms with Gasteiger partial charge in [0.1, 0.15) is 12.1 Å². The molecule has 0 aliphatic heterocycles. The molecule has 0 N–H and O–H groups in total. The van der Waals surface area contributed by atoms with Crippen LogP contribution in [0.4, 0.5) is 0 Å². The van der Waals surface area contributed by atoms with Crippen molar-refractivity contribution < 1.29 is 0 Å². The van der Waals surface area contributed by atoms with Gasteiger partial charge >= 0.3 is 0 Å². The molecule has 0 amide bonds. The second-order valence-electron chi connectivity index (χ2n) is 26.4. The highest BCUT2D eigenvalue weighted by molar-refractivity contribution is 6.32. The summed E-state index contributed by atoms with van der Waals surface area (Å²) >= 11 is 0. The van der Waals surface area contributed by atoms with E-state index in [1.54, 1.807) is 0 Å². The lowest BCUT2D eigenvalue weighted by Gasteiger charge is -2.43. The lowest BCUT2D eigenvalue weighted by Crippen LogP contribution is -2.29. The van der Waals surface area contributed by atoms with Gasteiger partial charge in [-0.25, -0.2) is 0 Å². The average molecular weight is 1070 g/mol. The fourth-order valence-corrected chi connectivity index (χ4v) is 16.6. The first-order chi connectivity index (χ1) is 40.9. The molecule has 1 unspecified atom stereocenters. The SMILES string of the molecule is C\C1=C/C=C\C=C2/c3ccccc3C1c1c2c(C#N)c(-c2ccccc2)c2c1c1cc(C(C)(C)C)cc3c4cc5c(cc4n2c31)c1cc(C(C)(C)C)cc2c3c4c(c(C#N)c(-c6ccccc6)c3n5c12)C1c2ccccc2C4c2ccccc21. The molecule has 14 aromatic rings. The molecule has 4 aromatic heterocycles. The first-order valence-electron chi connectivity index (χ1n) is 29.7. The summed E-state index contributed by atoms with van der Waals surface area (Å²) in [5.74, 6) is -0.240. The van der Waals surface area contributed by atoms with Crippen LogP contribution in [-0.4, -0.2) is 8.80 Å². The van der Waals surface area contributed by atoms with Crippen molar-refractivity contribution in [2.45, 2.75) is 77.0 Å². The molecule has 10 aromatic carbocycles. The molecule has 1 atom stereocenters. The van der Waals surface area contributed by atoms with Gasteiger partial charge in [0, 0.05) is 77.5 Å². The van der Waals surface area contributed by atoms with E-state index in [2.05, 4.69) is 264 Å². The molecule has 0 saturated carbocycles. The van der Waals surface area contributed by atoms with Crippen LogP contribution in [-0.2, 0) is 10.8 Å². The lowest BCUT2D eigenvalue weighted by atomic mass is 9.59. The van der Waals surface area contributed by atoms with Gasteiger partial charge in [0.2, 0.25) is 0 Å². The molecule has 0 spiro atoms. The quantitative estimate of drug-likeness (QED) is 0.173. The fraction of sp³-hybridized carbons (Fsp3) is 0.150. The third-order valence-corrected chi connectivity index (χ3v) is 20.1. The van der Waals surface area contributed by atoms with Crippen LogP contribution in [0.3, 0.4) is 0 Å². The largest absolute Gasteiger partial charge is 0.307 e. The summed E-state index contributed by atoms with van der Waals surface area (Å²) in [7, 11) is 0. The molecule has 4 nitrogen and oxygen atoms in total. The van der Waals surface area contributed by atoms with Crippen LogP contribution in [0, 0.1) is 22.7 Å². The minimum absolute atomic E-state index is 0.0550. The Kier molecular flexibility index (Phi) is 9.16. The van der Waals surface area contributed by atoms with Gasteiger partial charge in [0.05, 0.1) is 44.2 Å². The summed E-state index contributed by atoms with van der Waals surface area (Å²) in [6.45, 7) is 16.3. The van der Waals surface area contributed by atoms with Crippen molar-refractivity contribution in [3.8, 4) is 34.4 Å². The maximum atomic E-state index is 12.0. The van der Waals surface area contributed by atoms with Crippen molar-refractivity contribution in [1.29, 1.82) is 10.5 Å². The highest BCUT2D eigenvalue weighted by Gasteiger charge is 2.46. The zero-order valence-corrected chi connectivity index (χ0v) is 48.0. The van der Waals surface area contributed by atoms with E-state index in [0.717, 1.165) is 72.0 Å². The van der Waals surface area contributed by atoms with Crippen molar-refractivity contribution in [2.24, 2.45) is 0 Å². The number of rotatable bonds is 2. The normalized spacial score (nSPS) is 18.6. The van der Waals surface area contributed by atoms with Gasteiger partial charge in [0.25, 0.3) is 0 Å². The number of nitrogens with zero attached hydrogens (tertiary/aromatic N) is 4. The second-order valence-corrected chi connectivity index (χ2v) is 26.4. The molecule has 5 aliphatic carbocycles. The molecule has 19 rings (SSSR count). The summed E-state index contributed by atoms with van der Waals surface area (Å²) in [5.41, 5.74) is 29.1. The molecular weight excluding hydrogens is 1020 g/mol. The van der Waals surface area contributed by atoms with E-state index in [1.807, 2.05) is 0 Å². The van der Waals surface area contributed by atoms with Crippen molar-refractivity contribution in [3.05, 3.63) is 278 Å². The van der Waals surface area contributed by atoms with E-state index in [-0.39, 0.29) is 28.6 Å². The van der Waals surface area contributed by atoms with E-state index in [0.29, 0.717) is 5.56 Å². The molecule has 0 saturated heterocycles. The van der Waals surface area contributed by atoms with Crippen molar-refractivity contribution in [2.75, 3.05) is 0 Å².